The van der Waals surface area contributed by atoms with E-state index in [1.807, 2.05) is 24.3 Å². The maximum atomic E-state index is 5.79. The van der Waals surface area contributed by atoms with Crippen LogP contribution < -0.4 is 15.4 Å². The summed E-state index contributed by atoms with van der Waals surface area (Å²) in [6.07, 6.45) is 0. The van der Waals surface area contributed by atoms with E-state index in [4.69, 9.17) is 16.3 Å². The third-order valence-corrected chi connectivity index (χ3v) is 2.38. The van der Waals surface area contributed by atoms with Crippen molar-refractivity contribution in [1.29, 1.82) is 0 Å². The molecule has 0 atom stereocenters. The maximum Gasteiger partial charge on any atom is 0.191 e. The van der Waals surface area contributed by atoms with Gasteiger partial charge in [-0.15, -0.1) is 24.0 Å². The topological polar surface area (TPSA) is 45.7 Å². The van der Waals surface area contributed by atoms with Gasteiger partial charge in [-0.05, 0) is 38.1 Å². The number of ether oxygens (including phenoxy) is 1. The van der Waals surface area contributed by atoms with Gasteiger partial charge in [0.05, 0.1) is 6.54 Å². The minimum Gasteiger partial charge on any atom is -0.492 e. The standard InChI is InChI=1S/C13H20ClN3O.HI/c1-10(2)17-13(15-3)16-8-9-18-12-6-4-11(14)5-7-12;/h4-7,10H,8-9H2,1-3H3,(H2,15,16,17);1H. The summed E-state index contributed by atoms with van der Waals surface area (Å²) in [6.45, 7) is 5.39. The number of guanidine groups is 1. The number of halogens is 2. The molecule has 0 aliphatic rings. The number of rotatable bonds is 5. The first-order valence-corrected chi connectivity index (χ1v) is 6.35. The average Bonchev–Trinajstić information content (AvgIpc) is 2.34. The van der Waals surface area contributed by atoms with Crippen molar-refractivity contribution in [2.24, 2.45) is 4.99 Å². The van der Waals surface area contributed by atoms with Crippen LogP contribution in [-0.4, -0.2) is 32.2 Å². The van der Waals surface area contributed by atoms with E-state index < -0.39 is 0 Å². The van der Waals surface area contributed by atoms with E-state index in [0.29, 0.717) is 24.2 Å². The minimum atomic E-state index is 0. The first kappa shape index (κ1) is 18.3. The van der Waals surface area contributed by atoms with Crippen LogP contribution in [0.4, 0.5) is 0 Å². The second-order valence-corrected chi connectivity index (χ2v) is 4.54. The Hall–Kier alpha value is -0.690. The largest absolute Gasteiger partial charge is 0.492 e. The molecule has 19 heavy (non-hydrogen) atoms. The molecule has 0 unspecified atom stereocenters. The molecular formula is C13H21ClIN3O. The fourth-order valence-corrected chi connectivity index (χ4v) is 1.46. The molecule has 0 aliphatic heterocycles. The molecule has 0 amide bonds. The molecule has 6 heteroatoms. The van der Waals surface area contributed by atoms with Crippen molar-refractivity contribution < 1.29 is 4.74 Å². The molecule has 1 rings (SSSR count). The van der Waals surface area contributed by atoms with Crippen LogP contribution >= 0.6 is 35.6 Å². The first-order valence-electron chi connectivity index (χ1n) is 5.97. The van der Waals surface area contributed by atoms with E-state index in [-0.39, 0.29) is 24.0 Å². The lowest BCUT2D eigenvalue weighted by molar-refractivity contribution is 0.322. The Balaban J connectivity index is 0.00000324. The number of nitrogens with zero attached hydrogens (tertiary/aromatic N) is 1. The highest BCUT2D eigenvalue weighted by Gasteiger charge is 1.99. The van der Waals surface area contributed by atoms with Crippen molar-refractivity contribution in [3.8, 4) is 5.75 Å². The van der Waals surface area contributed by atoms with E-state index in [9.17, 15) is 0 Å². The molecule has 1 aromatic rings. The van der Waals surface area contributed by atoms with Crippen LogP contribution in [0.1, 0.15) is 13.8 Å². The first-order chi connectivity index (χ1) is 8.61. The van der Waals surface area contributed by atoms with Gasteiger partial charge < -0.3 is 15.4 Å². The molecule has 0 aliphatic carbocycles. The van der Waals surface area contributed by atoms with E-state index in [0.717, 1.165) is 11.7 Å². The van der Waals surface area contributed by atoms with Gasteiger partial charge in [-0.25, -0.2) is 0 Å². The van der Waals surface area contributed by atoms with Gasteiger partial charge in [0.25, 0.3) is 0 Å². The monoisotopic (exact) mass is 397 g/mol. The Labute approximate surface area is 137 Å². The van der Waals surface area contributed by atoms with Gasteiger partial charge >= 0.3 is 0 Å². The molecule has 2 N–H and O–H groups in total. The highest BCUT2D eigenvalue weighted by molar-refractivity contribution is 14.0. The smallest absolute Gasteiger partial charge is 0.191 e. The van der Waals surface area contributed by atoms with E-state index in [1.165, 1.54) is 0 Å². The summed E-state index contributed by atoms with van der Waals surface area (Å²) >= 11 is 5.79. The van der Waals surface area contributed by atoms with Gasteiger partial charge in [0.1, 0.15) is 12.4 Å². The minimum absolute atomic E-state index is 0. The average molecular weight is 398 g/mol. The SMILES string of the molecule is CN=C(NCCOc1ccc(Cl)cc1)NC(C)C.I. The normalized spacial score (nSPS) is 10.9. The Morgan fingerprint density at radius 2 is 1.95 bits per heavy atom. The summed E-state index contributed by atoms with van der Waals surface area (Å²) in [5.74, 6) is 1.60. The molecule has 0 spiro atoms. The summed E-state index contributed by atoms with van der Waals surface area (Å²) in [5, 5.41) is 7.08. The molecule has 1 aromatic carbocycles. The zero-order valence-corrected chi connectivity index (χ0v) is 14.5. The number of nitrogens with one attached hydrogen (secondary N) is 2. The number of hydrogen-bond donors (Lipinski definition) is 2. The van der Waals surface area contributed by atoms with Crippen molar-refractivity contribution in [3.63, 3.8) is 0 Å². The third-order valence-electron chi connectivity index (χ3n) is 2.13. The van der Waals surface area contributed by atoms with E-state index >= 15 is 0 Å². The van der Waals surface area contributed by atoms with Crippen molar-refractivity contribution >= 4 is 41.5 Å². The predicted octanol–water partition coefficient (Wildman–Crippen LogP) is 2.91. The lowest BCUT2D eigenvalue weighted by atomic mass is 10.3. The molecule has 0 radical (unpaired) electrons. The van der Waals surface area contributed by atoms with Crippen LogP contribution in [0.15, 0.2) is 29.3 Å². The van der Waals surface area contributed by atoms with Gasteiger partial charge in [-0.3, -0.25) is 4.99 Å². The molecular weight excluding hydrogens is 377 g/mol. The van der Waals surface area contributed by atoms with Crippen LogP contribution in [0.25, 0.3) is 0 Å². The van der Waals surface area contributed by atoms with Crippen molar-refractivity contribution in [1.82, 2.24) is 10.6 Å². The second kappa shape index (κ2) is 10.1. The quantitative estimate of drug-likeness (QED) is 0.348. The Bertz CT molecular complexity index is 382. The summed E-state index contributed by atoms with van der Waals surface area (Å²) in [6, 6.07) is 7.67. The molecule has 4 nitrogen and oxygen atoms in total. The van der Waals surface area contributed by atoms with Crippen LogP contribution in [0, 0.1) is 0 Å². The zero-order chi connectivity index (χ0) is 13.4. The number of aliphatic imine (C=N–C) groups is 1. The van der Waals surface area contributed by atoms with Crippen LogP contribution in [0.5, 0.6) is 5.75 Å². The van der Waals surface area contributed by atoms with Gasteiger partial charge in [-0.1, -0.05) is 11.6 Å². The fraction of sp³-hybridized carbons (Fsp3) is 0.462. The molecule has 0 bridgehead atoms. The third kappa shape index (κ3) is 8.15. The molecule has 0 aromatic heterocycles. The van der Waals surface area contributed by atoms with Crippen LogP contribution in [0.2, 0.25) is 5.02 Å². The van der Waals surface area contributed by atoms with Crippen LogP contribution in [-0.2, 0) is 0 Å². The number of benzene rings is 1. The fourth-order valence-electron chi connectivity index (χ4n) is 1.34. The summed E-state index contributed by atoms with van der Waals surface area (Å²) in [5.41, 5.74) is 0. The lowest BCUT2D eigenvalue weighted by Gasteiger charge is -2.14. The van der Waals surface area contributed by atoms with Gasteiger partial charge in [-0.2, -0.15) is 0 Å². The van der Waals surface area contributed by atoms with E-state index in [1.54, 1.807) is 7.05 Å². The number of hydrogen-bond acceptors (Lipinski definition) is 2. The Morgan fingerprint density at radius 3 is 2.47 bits per heavy atom. The molecule has 108 valence electrons. The molecule has 0 saturated carbocycles. The highest BCUT2D eigenvalue weighted by Crippen LogP contribution is 2.14. The van der Waals surface area contributed by atoms with Gasteiger partial charge in [0.15, 0.2) is 5.96 Å². The highest BCUT2D eigenvalue weighted by atomic mass is 127. The van der Waals surface area contributed by atoms with E-state index in [2.05, 4.69) is 29.5 Å². The summed E-state index contributed by atoms with van der Waals surface area (Å²) < 4.78 is 5.56. The lowest BCUT2D eigenvalue weighted by Crippen LogP contribution is -2.42. The van der Waals surface area contributed by atoms with Crippen molar-refractivity contribution in [2.45, 2.75) is 19.9 Å². The Kier molecular flexibility index (Phi) is 9.77. The van der Waals surface area contributed by atoms with Gasteiger partial charge in [0, 0.05) is 18.1 Å². The summed E-state index contributed by atoms with van der Waals surface area (Å²) in [4.78, 5) is 4.11. The van der Waals surface area contributed by atoms with Crippen LogP contribution in [0.3, 0.4) is 0 Å². The molecule has 0 fully saturated rings. The zero-order valence-electron chi connectivity index (χ0n) is 11.4. The van der Waals surface area contributed by atoms with Crippen molar-refractivity contribution in [3.05, 3.63) is 29.3 Å². The maximum absolute atomic E-state index is 5.79. The summed E-state index contributed by atoms with van der Waals surface area (Å²) in [7, 11) is 1.75. The predicted molar refractivity (Wildman–Crippen MR) is 92.0 cm³/mol. The molecule has 0 saturated heterocycles. The molecule has 0 heterocycles. The van der Waals surface area contributed by atoms with Crippen molar-refractivity contribution in [2.75, 3.05) is 20.2 Å². The Morgan fingerprint density at radius 1 is 1.32 bits per heavy atom. The second-order valence-electron chi connectivity index (χ2n) is 4.10. The van der Waals surface area contributed by atoms with Gasteiger partial charge in [0.2, 0.25) is 0 Å².